The third-order valence-corrected chi connectivity index (χ3v) is 3.38. The van der Waals surface area contributed by atoms with Gasteiger partial charge in [-0.1, -0.05) is 19.3 Å². The predicted molar refractivity (Wildman–Crippen MR) is 60.5 cm³/mol. The van der Waals surface area contributed by atoms with Gasteiger partial charge in [-0.25, -0.2) is 4.98 Å². The fourth-order valence-electron chi connectivity index (χ4n) is 2.52. The molecule has 84 valence electrons. The molecule has 4 nitrogen and oxygen atoms in total. The summed E-state index contributed by atoms with van der Waals surface area (Å²) in [5.74, 6) is 0.704. The number of rotatable bonds is 1. The summed E-state index contributed by atoms with van der Waals surface area (Å²) in [6, 6.07) is 3.59. The first-order valence-corrected chi connectivity index (χ1v) is 5.88. The van der Waals surface area contributed by atoms with E-state index >= 15 is 0 Å². The number of hydrogen-bond acceptors (Lipinski definition) is 3. The van der Waals surface area contributed by atoms with Crippen molar-refractivity contribution in [2.45, 2.75) is 38.0 Å². The largest absolute Gasteiger partial charge is 0.493 e. The second kappa shape index (κ2) is 3.77. The van der Waals surface area contributed by atoms with Crippen LogP contribution in [-0.4, -0.2) is 19.7 Å². The van der Waals surface area contributed by atoms with Crippen molar-refractivity contribution in [2.75, 3.05) is 0 Å². The lowest BCUT2D eigenvalue weighted by atomic mass is 9.87. The Bertz CT molecular complexity index is 500. The highest BCUT2D eigenvalue weighted by Crippen LogP contribution is 2.32. The maximum atomic E-state index is 9.83. The third-order valence-electron chi connectivity index (χ3n) is 3.38. The van der Waals surface area contributed by atoms with Crippen molar-refractivity contribution in [1.29, 1.82) is 0 Å². The second-order valence-corrected chi connectivity index (χ2v) is 4.48. The van der Waals surface area contributed by atoms with Crippen LogP contribution in [0.4, 0.5) is 0 Å². The zero-order valence-corrected chi connectivity index (χ0v) is 9.13. The van der Waals surface area contributed by atoms with Crippen molar-refractivity contribution in [3.05, 3.63) is 24.0 Å². The quantitative estimate of drug-likeness (QED) is 0.798. The molecule has 2 aromatic rings. The van der Waals surface area contributed by atoms with Gasteiger partial charge in [0, 0.05) is 18.1 Å². The van der Waals surface area contributed by atoms with E-state index in [1.165, 1.54) is 36.6 Å². The van der Waals surface area contributed by atoms with Crippen molar-refractivity contribution in [3.63, 3.8) is 0 Å². The smallest absolute Gasteiger partial charge is 0.215 e. The lowest BCUT2D eigenvalue weighted by molar-refractivity contribution is 0.417. The minimum Gasteiger partial charge on any atom is -0.493 e. The molecule has 0 aromatic carbocycles. The highest BCUT2D eigenvalue weighted by molar-refractivity contribution is 5.41. The molecule has 1 aliphatic carbocycles. The van der Waals surface area contributed by atoms with E-state index in [4.69, 9.17) is 0 Å². The van der Waals surface area contributed by atoms with Gasteiger partial charge in [0.05, 0.1) is 11.9 Å². The van der Waals surface area contributed by atoms with Crippen LogP contribution in [0.25, 0.3) is 5.65 Å². The molecule has 0 unspecified atom stereocenters. The highest BCUT2D eigenvalue weighted by Gasteiger charge is 2.18. The van der Waals surface area contributed by atoms with Crippen molar-refractivity contribution in [1.82, 2.24) is 14.6 Å². The monoisotopic (exact) mass is 217 g/mol. The molecule has 0 radical (unpaired) electrons. The molecule has 1 saturated carbocycles. The topological polar surface area (TPSA) is 50.4 Å². The maximum Gasteiger partial charge on any atom is 0.215 e. The molecule has 1 N–H and O–H groups in total. The number of aromatic nitrogens is 3. The number of aromatic hydroxyl groups is 1. The van der Waals surface area contributed by atoms with Crippen molar-refractivity contribution in [3.8, 4) is 5.88 Å². The van der Waals surface area contributed by atoms with Crippen LogP contribution < -0.4 is 0 Å². The Morgan fingerprint density at radius 3 is 2.88 bits per heavy atom. The van der Waals surface area contributed by atoms with Gasteiger partial charge in [-0.15, -0.1) is 0 Å². The van der Waals surface area contributed by atoms with Gasteiger partial charge < -0.3 is 5.11 Å². The number of hydrogen-bond donors (Lipinski definition) is 1. The molecule has 0 saturated heterocycles. The van der Waals surface area contributed by atoms with Crippen LogP contribution >= 0.6 is 0 Å². The fraction of sp³-hybridized carbons (Fsp3) is 0.500. The molecule has 16 heavy (non-hydrogen) atoms. The summed E-state index contributed by atoms with van der Waals surface area (Å²) in [5.41, 5.74) is 1.76. The van der Waals surface area contributed by atoms with Crippen LogP contribution in [0.1, 0.15) is 43.7 Å². The zero-order valence-electron chi connectivity index (χ0n) is 9.13. The average molecular weight is 217 g/mol. The lowest BCUT2D eigenvalue weighted by Crippen LogP contribution is -2.07. The third kappa shape index (κ3) is 1.54. The molecule has 4 heteroatoms. The van der Waals surface area contributed by atoms with E-state index in [9.17, 15) is 5.11 Å². The molecule has 0 spiro atoms. The molecule has 3 rings (SSSR count). The van der Waals surface area contributed by atoms with Crippen LogP contribution in [0, 0.1) is 0 Å². The zero-order chi connectivity index (χ0) is 11.0. The Hall–Kier alpha value is -1.58. The Balaban J connectivity index is 2.02. The lowest BCUT2D eigenvalue weighted by Gasteiger charge is -2.21. The van der Waals surface area contributed by atoms with E-state index in [1.54, 1.807) is 12.3 Å². The normalized spacial score (nSPS) is 18.0. The first-order valence-electron chi connectivity index (χ1n) is 5.88. The molecule has 0 atom stereocenters. The first kappa shape index (κ1) is 9.63. The van der Waals surface area contributed by atoms with Gasteiger partial charge in [0.2, 0.25) is 5.88 Å². The van der Waals surface area contributed by atoms with Crippen molar-refractivity contribution < 1.29 is 5.11 Å². The fourth-order valence-corrected chi connectivity index (χ4v) is 2.52. The Morgan fingerprint density at radius 2 is 2.06 bits per heavy atom. The Kier molecular flexibility index (Phi) is 2.27. The van der Waals surface area contributed by atoms with Crippen LogP contribution in [0.2, 0.25) is 0 Å². The molecule has 1 aliphatic rings. The van der Waals surface area contributed by atoms with E-state index in [0.29, 0.717) is 5.92 Å². The van der Waals surface area contributed by atoms with Gasteiger partial charge in [-0.05, 0) is 12.8 Å². The Morgan fingerprint density at radius 1 is 1.25 bits per heavy atom. The van der Waals surface area contributed by atoms with E-state index in [1.807, 2.05) is 6.07 Å². The predicted octanol–water partition coefficient (Wildman–Crippen LogP) is 2.48. The van der Waals surface area contributed by atoms with E-state index in [-0.39, 0.29) is 5.88 Å². The van der Waals surface area contributed by atoms with Crippen molar-refractivity contribution >= 4 is 5.65 Å². The van der Waals surface area contributed by atoms with Crippen LogP contribution in [0.5, 0.6) is 5.88 Å². The summed E-state index contributed by atoms with van der Waals surface area (Å²) in [7, 11) is 0. The minimum atomic E-state index is 0.190. The SMILES string of the molecule is Oc1cc(C2CCCCC2)nc2ccnn12. The molecule has 0 amide bonds. The van der Waals surface area contributed by atoms with Gasteiger partial charge in [0.1, 0.15) is 0 Å². The summed E-state index contributed by atoms with van der Waals surface area (Å²) < 4.78 is 1.46. The molecule has 0 aliphatic heterocycles. The van der Waals surface area contributed by atoms with Gasteiger partial charge >= 0.3 is 0 Å². The van der Waals surface area contributed by atoms with Crippen molar-refractivity contribution in [2.24, 2.45) is 0 Å². The van der Waals surface area contributed by atoms with Crippen LogP contribution in [-0.2, 0) is 0 Å². The molecule has 2 aromatic heterocycles. The van der Waals surface area contributed by atoms with Gasteiger partial charge in [-0.3, -0.25) is 0 Å². The minimum absolute atomic E-state index is 0.190. The molecular formula is C12H15N3O. The average Bonchev–Trinajstić information content (AvgIpc) is 2.79. The summed E-state index contributed by atoms with van der Waals surface area (Å²) in [6.45, 7) is 0. The highest BCUT2D eigenvalue weighted by atomic mass is 16.3. The molecule has 1 fully saturated rings. The van der Waals surface area contributed by atoms with Crippen LogP contribution in [0.15, 0.2) is 18.3 Å². The van der Waals surface area contributed by atoms with Gasteiger partial charge in [0.15, 0.2) is 5.65 Å². The molecular weight excluding hydrogens is 202 g/mol. The maximum absolute atomic E-state index is 9.83. The Labute approximate surface area is 93.9 Å². The van der Waals surface area contributed by atoms with E-state index in [0.717, 1.165) is 11.3 Å². The number of nitrogens with zero attached hydrogens (tertiary/aromatic N) is 3. The summed E-state index contributed by atoms with van der Waals surface area (Å²) >= 11 is 0. The first-order chi connectivity index (χ1) is 7.84. The van der Waals surface area contributed by atoms with Gasteiger partial charge in [-0.2, -0.15) is 9.61 Å². The summed E-state index contributed by atoms with van der Waals surface area (Å²) in [6.07, 6.45) is 7.92. The van der Waals surface area contributed by atoms with Crippen LogP contribution in [0.3, 0.4) is 0 Å². The van der Waals surface area contributed by atoms with E-state index < -0.39 is 0 Å². The standard InChI is InChI=1S/C12H15N3O/c16-12-8-10(9-4-2-1-3-5-9)14-11-6-7-13-15(11)12/h6-9,16H,1-5H2. The summed E-state index contributed by atoms with van der Waals surface area (Å²) in [4.78, 5) is 4.56. The van der Waals surface area contributed by atoms with E-state index in [2.05, 4.69) is 10.1 Å². The molecule has 0 bridgehead atoms. The second-order valence-electron chi connectivity index (χ2n) is 4.48. The molecule has 2 heterocycles. The number of fused-ring (bicyclic) bond motifs is 1. The summed E-state index contributed by atoms with van der Waals surface area (Å²) in [5, 5.41) is 13.8. The van der Waals surface area contributed by atoms with Gasteiger partial charge in [0.25, 0.3) is 0 Å².